The van der Waals surface area contributed by atoms with Crippen LogP contribution in [0.15, 0.2) is 36.5 Å². The second-order valence-electron chi connectivity index (χ2n) is 6.30. The summed E-state index contributed by atoms with van der Waals surface area (Å²) in [5, 5.41) is 3.88. The van der Waals surface area contributed by atoms with Crippen molar-refractivity contribution in [3.8, 4) is 0 Å². The number of nitrogens with one attached hydrogen (secondary N) is 1. The highest BCUT2D eigenvalue weighted by molar-refractivity contribution is 6.30. The standard InChI is InChI=1S/C19H23ClN4O/c1-2-16-5-3-4-12-24(16)18(25)17-10-11-21-19(23-17)22-13-14-6-8-15(20)9-7-14/h6-11,16H,2-5,12-13H2,1H3,(H,21,22,23). The van der Waals surface area contributed by atoms with Crippen LogP contribution in [0, 0.1) is 0 Å². The maximum Gasteiger partial charge on any atom is 0.272 e. The lowest BCUT2D eigenvalue weighted by atomic mass is 9.99. The molecular weight excluding hydrogens is 336 g/mol. The van der Waals surface area contributed by atoms with Crippen molar-refractivity contribution < 1.29 is 4.79 Å². The monoisotopic (exact) mass is 358 g/mol. The fourth-order valence-corrected chi connectivity index (χ4v) is 3.31. The molecule has 1 unspecified atom stereocenters. The van der Waals surface area contributed by atoms with Crippen LogP contribution in [0.25, 0.3) is 0 Å². The van der Waals surface area contributed by atoms with Gasteiger partial charge in [0.1, 0.15) is 5.69 Å². The summed E-state index contributed by atoms with van der Waals surface area (Å²) in [6.07, 6.45) is 5.96. The van der Waals surface area contributed by atoms with E-state index in [1.807, 2.05) is 29.2 Å². The number of carbonyl (C=O) groups excluding carboxylic acids is 1. The van der Waals surface area contributed by atoms with Gasteiger partial charge < -0.3 is 10.2 Å². The number of hydrogen-bond donors (Lipinski definition) is 1. The van der Waals surface area contributed by atoms with Crippen LogP contribution in [0.5, 0.6) is 0 Å². The number of amides is 1. The summed E-state index contributed by atoms with van der Waals surface area (Å²) in [5.74, 6) is 0.467. The number of likely N-dealkylation sites (tertiary alicyclic amines) is 1. The van der Waals surface area contributed by atoms with Crippen molar-refractivity contribution in [1.82, 2.24) is 14.9 Å². The topological polar surface area (TPSA) is 58.1 Å². The van der Waals surface area contributed by atoms with E-state index in [0.717, 1.165) is 31.4 Å². The molecule has 25 heavy (non-hydrogen) atoms. The van der Waals surface area contributed by atoms with Crippen molar-refractivity contribution in [3.05, 3.63) is 52.8 Å². The average molecular weight is 359 g/mol. The van der Waals surface area contributed by atoms with Gasteiger partial charge in [0.2, 0.25) is 5.95 Å². The van der Waals surface area contributed by atoms with E-state index in [9.17, 15) is 4.79 Å². The third kappa shape index (κ3) is 4.48. The number of aromatic nitrogens is 2. The third-order valence-corrected chi connectivity index (χ3v) is 4.85. The van der Waals surface area contributed by atoms with E-state index in [4.69, 9.17) is 11.6 Å². The molecule has 2 aromatic rings. The fraction of sp³-hybridized carbons (Fsp3) is 0.421. The lowest BCUT2D eigenvalue weighted by Gasteiger charge is -2.35. The zero-order valence-corrected chi connectivity index (χ0v) is 15.2. The Balaban J connectivity index is 1.68. The van der Waals surface area contributed by atoms with Gasteiger partial charge in [0, 0.05) is 30.4 Å². The lowest BCUT2D eigenvalue weighted by molar-refractivity contribution is 0.0602. The molecule has 1 aliphatic heterocycles. The van der Waals surface area contributed by atoms with Crippen molar-refractivity contribution >= 4 is 23.5 Å². The molecule has 0 saturated carbocycles. The zero-order valence-electron chi connectivity index (χ0n) is 14.4. The quantitative estimate of drug-likeness (QED) is 0.872. The first-order chi connectivity index (χ1) is 12.2. The molecule has 0 radical (unpaired) electrons. The second-order valence-corrected chi connectivity index (χ2v) is 6.74. The second kappa shape index (κ2) is 8.30. The molecule has 3 rings (SSSR count). The van der Waals surface area contributed by atoms with Crippen LogP contribution in [-0.4, -0.2) is 33.4 Å². The smallest absolute Gasteiger partial charge is 0.272 e. The molecule has 0 bridgehead atoms. The molecule has 1 atom stereocenters. The normalized spacial score (nSPS) is 17.4. The predicted molar refractivity (Wildman–Crippen MR) is 99.8 cm³/mol. The van der Waals surface area contributed by atoms with Gasteiger partial charge in [-0.25, -0.2) is 9.97 Å². The Bertz CT molecular complexity index is 720. The number of hydrogen-bond acceptors (Lipinski definition) is 4. The van der Waals surface area contributed by atoms with Gasteiger partial charge in [-0.2, -0.15) is 0 Å². The first-order valence-corrected chi connectivity index (χ1v) is 9.17. The molecule has 1 N–H and O–H groups in total. The summed E-state index contributed by atoms with van der Waals surface area (Å²) >= 11 is 5.89. The number of piperidine rings is 1. The van der Waals surface area contributed by atoms with E-state index in [0.29, 0.717) is 29.3 Å². The van der Waals surface area contributed by atoms with Gasteiger partial charge in [-0.05, 0) is 49.4 Å². The van der Waals surface area contributed by atoms with Crippen LogP contribution in [0.2, 0.25) is 5.02 Å². The van der Waals surface area contributed by atoms with E-state index in [1.54, 1.807) is 12.3 Å². The molecule has 1 aliphatic rings. The van der Waals surface area contributed by atoms with Crippen LogP contribution in [0.3, 0.4) is 0 Å². The maximum absolute atomic E-state index is 12.8. The van der Waals surface area contributed by atoms with Crippen molar-refractivity contribution in [2.45, 2.75) is 45.2 Å². The van der Waals surface area contributed by atoms with E-state index >= 15 is 0 Å². The Morgan fingerprint density at radius 1 is 1.28 bits per heavy atom. The largest absolute Gasteiger partial charge is 0.350 e. The van der Waals surface area contributed by atoms with Gasteiger partial charge in [0.25, 0.3) is 5.91 Å². The predicted octanol–water partition coefficient (Wildman–Crippen LogP) is 4.15. The van der Waals surface area contributed by atoms with Crippen LogP contribution >= 0.6 is 11.6 Å². The average Bonchev–Trinajstić information content (AvgIpc) is 2.67. The number of carbonyl (C=O) groups is 1. The first-order valence-electron chi connectivity index (χ1n) is 8.79. The van der Waals surface area contributed by atoms with Gasteiger partial charge in [-0.3, -0.25) is 4.79 Å². The molecule has 5 nitrogen and oxygen atoms in total. The Morgan fingerprint density at radius 2 is 2.08 bits per heavy atom. The van der Waals surface area contributed by atoms with Gasteiger partial charge in [-0.15, -0.1) is 0 Å². The fourth-order valence-electron chi connectivity index (χ4n) is 3.19. The molecule has 2 heterocycles. The van der Waals surface area contributed by atoms with Crippen LogP contribution in [0.4, 0.5) is 5.95 Å². The molecule has 1 saturated heterocycles. The Kier molecular flexibility index (Phi) is 5.87. The van der Waals surface area contributed by atoms with E-state index in [-0.39, 0.29) is 5.91 Å². The lowest BCUT2D eigenvalue weighted by Crippen LogP contribution is -2.43. The molecule has 1 aromatic carbocycles. The number of benzene rings is 1. The summed E-state index contributed by atoms with van der Waals surface area (Å²) in [6.45, 7) is 3.53. The molecule has 1 fully saturated rings. The number of anilines is 1. The number of halogens is 1. The molecule has 1 aromatic heterocycles. The molecule has 1 amide bonds. The van der Waals surface area contributed by atoms with E-state index in [2.05, 4.69) is 22.2 Å². The highest BCUT2D eigenvalue weighted by Crippen LogP contribution is 2.21. The molecule has 0 spiro atoms. The van der Waals surface area contributed by atoms with Crippen LogP contribution < -0.4 is 5.32 Å². The SMILES string of the molecule is CCC1CCCCN1C(=O)c1ccnc(NCc2ccc(Cl)cc2)n1. The molecule has 6 heteroatoms. The minimum absolute atomic E-state index is 0.00323. The number of rotatable bonds is 5. The molecule has 132 valence electrons. The van der Waals surface area contributed by atoms with Crippen LogP contribution in [0.1, 0.15) is 48.7 Å². The van der Waals surface area contributed by atoms with Gasteiger partial charge in [0.15, 0.2) is 0 Å². The summed E-state index contributed by atoms with van der Waals surface area (Å²) in [7, 11) is 0. The van der Waals surface area contributed by atoms with Crippen molar-refractivity contribution in [3.63, 3.8) is 0 Å². The molecular formula is C19H23ClN4O. The highest BCUT2D eigenvalue weighted by Gasteiger charge is 2.27. The molecule has 0 aliphatic carbocycles. The Labute approximate surface area is 153 Å². The summed E-state index contributed by atoms with van der Waals surface area (Å²) in [5.41, 5.74) is 1.53. The Hall–Kier alpha value is -2.14. The number of nitrogens with zero attached hydrogens (tertiary/aromatic N) is 3. The summed E-state index contributed by atoms with van der Waals surface area (Å²) < 4.78 is 0. The van der Waals surface area contributed by atoms with Gasteiger partial charge in [0.05, 0.1) is 0 Å². The van der Waals surface area contributed by atoms with E-state index in [1.165, 1.54) is 6.42 Å². The summed E-state index contributed by atoms with van der Waals surface area (Å²) in [4.78, 5) is 23.4. The van der Waals surface area contributed by atoms with Crippen molar-refractivity contribution in [2.24, 2.45) is 0 Å². The minimum Gasteiger partial charge on any atom is -0.350 e. The van der Waals surface area contributed by atoms with Crippen LogP contribution in [-0.2, 0) is 6.54 Å². The maximum atomic E-state index is 12.8. The van der Waals surface area contributed by atoms with Gasteiger partial charge >= 0.3 is 0 Å². The van der Waals surface area contributed by atoms with Crippen molar-refractivity contribution in [1.29, 1.82) is 0 Å². The zero-order chi connectivity index (χ0) is 17.6. The van der Waals surface area contributed by atoms with E-state index < -0.39 is 0 Å². The van der Waals surface area contributed by atoms with Crippen molar-refractivity contribution in [2.75, 3.05) is 11.9 Å². The third-order valence-electron chi connectivity index (χ3n) is 4.60. The first kappa shape index (κ1) is 17.7. The Morgan fingerprint density at radius 3 is 2.84 bits per heavy atom. The summed E-state index contributed by atoms with van der Waals surface area (Å²) in [6, 6.07) is 9.60. The highest BCUT2D eigenvalue weighted by atomic mass is 35.5. The minimum atomic E-state index is 0.00323. The van der Waals surface area contributed by atoms with Gasteiger partial charge in [-0.1, -0.05) is 30.7 Å².